The highest BCUT2D eigenvalue weighted by Gasteiger charge is 2.35. The summed E-state index contributed by atoms with van der Waals surface area (Å²) in [5.41, 5.74) is 0.537. The first-order chi connectivity index (χ1) is 13.7. The highest BCUT2D eigenvalue weighted by atomic mass is 19.4. The van der Waals surface area contributed by atoms with Gasteiger partial charge in [-0.15, -0.1) is 0 Å². The third-order valence-electron chi connectivity index (χ3n) is 4.85. The molecule has 3 rings (SSSR count). The summed E-state index contributed by atoms with van der Waals surface area (Å²) in [6.45, 7) is 4.05. The normalized spacial score (nSPS) is 14.5. The Balaban J connectivity index is 1.75. The number of nitrogens with zero attached hydrogens (tertiary/aromatic N) is 1. The Hall–Kier alpha value is -3.03. The van der Waals surface area contributed by atoms with Crippen molar-refractivity contribution in [3.8, 4) is 0 Å². The van der Waals surface area contributed by atoms with E-state index in [-0.39, 0.29) is 17.5 Å². The van der Waals surface area contributed by atoms with Crippen LogP contribution < -0.4 is 15.5 Å². The van der Waals surface area contributed by atoms with E-state index in [9.17, 15) is 22.8 Å². The molecule has 2 N–H and O–H groups in total. The van der Waals surface area contributed by atoms with Gasteiger partial charge in [0.05, 0.1) is 11.3 Å². The second-order valence-corrected chi connectivity index (χ2v) is 7.23. The summed E-state index contributed by atoms with van der Waals surface area (Å²) in [6, 6.07) is 10.5. The number of fused-ring (bicyclic) bond motifs is 1. The van der Waals surface area contributed by atoms with Crippen LogP contribution in [0.15, 0.2) is 48.5 Å². The molecule has 1 aliphatic heterocycles. The predicted molar refractivity (Wildman–Crippen MR) is 105 cm³/mol. The maximum Gasteiger partial charge on any atom is 0.418 e. The van der Waals surface area contributed by atoms with Crippen LogP contribution in [-0.4, -0.2) is 24.5 Å². The maximum absolute atomic E-state index is 13.1. The summed E-state index contributed by atoms with van der Waals surface area (Å²) in [4.78, 5) is 27.1. The van der Waals surface area contributed by atoms with Gasteiger partial charge >= 0.3 is 12.2 Å². The maximum atomic E-state index is 13.1. The quantitative estimate of drug-likeness (QED) is 0.790. The largest absolute Gasteiger partial charge is 0.418 e. The van der Waals surface area contributed by atoms with Crippen LogP contribution >= 0.6 is 0 Å². The van der Waals surface area contributed by atoms with E-state index < -0.39 is 23.8 Å². The van der Waals surface area contributed by atoms with Gasteiger partial charge < -0.3 is 15.5 Å². The third kappa shape index (κ3) is 4.52. The molecule has 29 heavy (non-hydrogen) atoms. The summed E-state index contributed by atoms with van der Waals surface area (Å²) >= 11 is 0. The fourth-order valence-corrected chi connectivity index (χ4v) is 3.39. The molecule has 0 bridgehead atoms. The first-order valence-electron chi connectivity index (χ1n) is 9.31. The molecule has 3 amide bonds. The van der Waals surface area contributed by atoms with Gasteiger partial charge in [0.15, 0.2) is 0 Å². The molecule has 2 aromatic carbocycles. The summed E-state index contributed by atoms with van der Waals surface area (Å²) in [5, 5.41) is 4.77. The van der Waals surface area contributed by atoms with E-state index in [0.29, 0.717) is 6.54 Å². The Morgan fingerprint density at radius 2 is 1.69 bits per heavy atom. The number of halogens is 3. The van der Waals surface area contributed by atoms with Gasteiger partial charge in [0.2, 0.25) is 5.91 Å². The van der Waals surface area contributed by atoms with Crippen LogP contribution in [0.5, 0.6) is 0 Å². The fourth-order valence-electron chi connectivity index (χ4n) is 3.39. The minimum Gasteiger partial charge on any atom is -0.326 e. The van der Waals surface area contributed by atoms with E-state index in [0.717, 1.165) is 23.7 Å². The van der Waals surface area contributed by atoms with Gasteiger partial charge in [-0.25, -0.2) is 4.79 Å². The molecular formula is C21H22F3N3O2. The van der Waals surface area contributed by atoms with Gasteiger partial charge in [-0.3, -0.25) is 4.79 Å². The van der Waals surface area contributed by atoms with Gasteiger partial charge in [-0.05, 0) is 36.1 Å². The van der Waals surface area contributed by atoms with Crippen molar-refractivity contribution in [2.24, 2.45) is 5.92 Å². The molecule has 0 unspecified atom stereocenters. The zero-order valence-electron chi connectivity index (χ0n) is 16.1. The van der Waals surface area contributed by atoms with Crippen molar-refractivity contribution in [3.63, 3.8) is 0 Å². The molecule has 0 spiro atoms. The lowest BCUT2D eigenvalue weighted by atomic mass is 10.0. The number of hydrogen-bond donors (Lipinski definition) is 2. The van der Waals surface area contributed by atoms with E-state index in [1.54, 1.807) is 18.7 Å². The Kier molecular flexibility index (Phi) is 5.81. The van der Waals surface area contributed by atoms with Gasteiger partial charge in [0.1, 0.15) is 6.04 Å². The summed E-state index contributed by atoms with van der Waals surface area (Å²) in [6.07, 6.45) is -3.88. The average molecular weight is 405 g/mol. The molecule has 0 fully saturated rings. The smallest absolute Gasteiger partial charge is 0.326 e. The summed E-state index contributed by atoms with van der Waals surface area (Å²) in [7, 11) is 0. The average Bonchev–Trinajstić information content (AvgIpc) is 3.09. The predicted octanol–water partition coefficient (Wildman–Crippen LogP) is 4.44. The topological polar surface area (TPSA) is 61.4 Å². The monoisotopic (exact) mass is 405 g/mol. The fraction of sp³-hybridized carbons (Fsp3) is 0.333. The molecular weight excluding hydrogens is 383 g/mol. The number of urea groups is 1. The highest BCUT2D eigenvalue weighted by molar-refractivity contribution is 6.02. The van der Waals surface area contributed by atoms with Crippen LogP contribution in [-0.2, 0) is 17.4 Å². The van der Waals surface area contributed by atoms with Crippen molar-refractivity contribution < 1.29 is 22.8 Å². The number of alkyl halides is 3. The van der Waals surface area contributed by atoms with Crippen LogP contribution in [0.2, 0.25) is 0 Å². The van der Waals surface area contributed by atoms with E-state index in [1.165, 1.54) is 18.2 Å². The number of para-hydroxylation sites is 2. The number of amides is 3. The second-order valence-electron chi connectivity index (χ2n) is 7.23. The molecule has 0 aliphatic carbocycles. The lowest BCUT2D eigenvalue weighted by Crippen LogP contribution is -2.52. The lowest BCUT2D eigenvalue weighted by molar-refractivity contribution is -0.137. The molecule has 5 nitrogen and oxygen atoms in total. The zero-order valence-corrected chi connectivity index (χ0v) is 16.1. The molecule has 1 atom stereocenters. The van der Waals surface area contributed by atoms with Crippen LogP contribution in [0.25, 0.3) is 0 Å². The van der Waals surface area contributed by atoms with Crippen LogP contribution in [0, 0.1) is 5.92 Å². The molecule has 0 saturated heterocycles. The molecule has 1 aliphatic rings. The number of benzene rings is 2. The van der Waals surface area contributed by atoms with Crippen LogP contribution in [0.3, 0.4) is 0 Å². The number of carbonyl (C=O) groups excluding carboxylic acids is 2. The van der Waals surface area contributed by atoms with Crippen molar-refractivity contribution >= 4 is 23.3 Å². The standard InChI is InChI=1S/C21H22F3N3O2/c1-13(2)18(19(28)27-12-11-14-7-3-6-10-17(14)27)26-20(29)25-16-9-5-4-8-15(16)21(22,23)24/h3-10,13,18H,11-12H2,1-2H3,(H2,25,26,29)/t18-/m1/s1. The first kappa shape index (κ1) is 20.7. The van der Waals surface area contributed by atoms with Crippen molar-refractivity contribution in [1.82, 2.24) is 5.32 Å². The van der Waals surface area contributed by atoms with Crippen LogP contribution in [0.4, 0.5) is 29.3 Å². The SMILES string of the molecule is CC(C)[C@@H](NC(=O)Nc1ccccc1C(F)(F)F)C(=O)N1CCc2ccccc21. The van der Waals surface area contributed by atoms with Crippen molar-refractivity contribution in [3.05, 3.63) is 59.7 Å². The zero-order chi connectivity index (χ0) is 21.2. The third-order valence-corrected chi connectivity index (χ3v) is 4.85. The van der Waals surface area contributed by atoms with E-state index in [2.05, 4.69) is 10.6 Å². The number of carbonyl (C=O) groups is 2. The summed E-state index contributed by atoms with van der Waals surface area (Å²) in [5.74, 6) is -0.539. The van der Waals surface area contributed by atoms with E-state index in [4.69, 9.17) is 0 Å². The molecule has 8 heteroatoms. The highest BCUT2D eigenvalue weighted by Crippen LogP contribution is 2.34. The Labute approximate surface area is 166 Å². The van der Waals surface area contributed by atoms with Gasteiger partial charge in [-0.1, -0.05) is 44.2 Å². The number of hydrogen-bond acceptors (Lipinski definition) is 2. The number of anilines is 2. The minimum atomic E-state index is -4.60. The number of rotatable bonds is 4. The van der Waals surface area contributed by atoms with Crippen molar-refractivity contribution in [2.45, 2.75) is 32.5 Å². The molecule has 1 heterocycles. The van der Waals surface area contributed by atoms with Gasteiger partial charge in [0.25, 0.3) is 0 Å². The first-order valence-corrected chi connectivity index (χ1v) is 9.31. The van der Waals surface area contributed by atoms with Gasteiger partial charge in [0, 0.05) is 12.2 Å². The Bertz CT molecular complexity index is 912. The Morgan fingerprint density at radius 3 is 2.38 bits per heavy atom. The van der Waals surface area contributed by atoms with E-state index in [1.807, 2.05) is 24.3 Å². The van der Waals surface area contributed by atoms with Crippen LogP contribution in [0.1, 0.15) is 25.0 Å². The molecule has 0 radical (unpaired) electrons. The lowest BCUT2D eigenvalue weighted by Gasteiger charge is -2.27. The second kappa shape index (κ2) is 8.14. The minimum absolute atomic E-state index is 0.251. The molecule has 154 valence electrons. The molecule has 0 aromatic heterocycles. The number of nitrogens with one attached hydrogen (secondary N) is 2. The molecule has 0 saturated carbocycles. The van der Waals surface area contributed by atoms with Crippen molar-refractivity contribution in [2.75, 3.05) is 16.8 Å². The van der Waals surface area contributed by atoms with E-state index >= 15 is 0 Å². The Morgan fingerprint density at radius 1 is 1.03 bits per heavy atom. The molecule has 2 aromatic rings. The van der Waals surface area contributed by atoms with Crippen molar-refractivity contribution in [1.29, 1.82) is 0 Å². The van der Waals surface area contributed by atoms with Gasteiger partial charge in [-0.2, -0.15) is 13.2 Å². The summed E-state index contributed by atoms with van der Waals surface area (Å²) < 4.78 is 39.4.